The summed E-state index contributed by atoms with van der Waals surface area (Å²) in [5.41, 5.74) is 0.433. The molecule has 1 aromatic carbocycles. The van der Waals surface area contributed by atoms with Crippen LogP contribution < -0.4 is 10.2 Å². The van der Waals surface area contributed by atoms with Crippen molar-refractivity contribution in [1.29, 1.82) is 5.26 Å². The monoisotopic (exact) mass is 352 g/mol. The molecule has 0 unspecified atom stereocenters. The number of nitrogens with one attached hydrogen (secondary N) is 1. The van der Waals surface area contributed by atoms with E-state index in [0.717, 1.165) is 0 Å². The molecule has 0 saturated carbocycles. The summed E-state index contributed by atoms with van der Waals surface area (Å²) in [6.07, 6.45) is 4.95. The summed E-state index contributed by atoms with van der Waals surface area (Å²) in [6.45, 7) is 2.68. The van der Waals surface area contributed by atoms with E-state index in [-0.39, 0.29) is 11.4 Å². The number of anilines is 2. The van der Waals surface area contributed by atoms with E-state index in [0.29, 0.717) is 37.8 Å². The molecule has 1 aliphatic rings. The average Bonchev–Trinajstić information content (AvgIpc) is 2.69. The minimum Gasteiger partial charge on any atom is -0.373 e. The maximum absolute atomic E-state index is 12.9. The summed E-state index contributed by atoms with van der Waals surface area (Å²) < 4.78 is 12.9. The second kappa shape index (κ2) is 8.07. The highest BCUT2D eigenvalue weighted by atomic mass is 19.1. The maximum atomic E-state index is 12.9. The molecule has 0 radical (unpaired) electrons. The third-order valence-corrected chi connectivity index (χ3v) is 3.93. The van der Waals surface area contributed by atoms with Crippen LogP contribution in [-0.2, 0) is 4.79 Å². The summed E-state index contributed by atoms with van der Waals surface area (Å²) in [4.78, 5) is 24.7. The molecule has 7 nitrogen and oxygen atoms in total. The number of carbonyl (C=O) groups is 1. The molecule has 1 amide bonds. The van der Waals surface area contributed by atoms with E-state index in [4.69, 9.17) is 0 Å². The van der Waals surface area contributed by atoms with Gasteiger partial charge in [0, 0.05) is 50.5 Å². The van der Waals surface area contributed by atoms with Crippen molar-refractivity contribution >= 4 is 17.5 Å². The maximum Gasteiger partial charge on any atom is 0.267 e. The van der Waals surface area contributed by atoms with Crippen LogP contribution in [0, 0.1) is 17.1 Å². The van der Waals surface area contributed by atoms with Crippen molar-refractivity contribution in [2.45, 2.75) is 0 Å². The van der Waals surface area contributed by atoms with Crippen LogP contribution in [-0.4, -0.2) is 47.0 Å². The lowest BCUT2D eigenvalue weighted by Gasteiger charge is -2.34. The number of benzene rings is 1. The SMILES string of the molecule is N#C/C(=C/N1CCN(c2ncccn2)CC1)C(=O)Nc1ccc(F)cc1. The minimum atomic E-state index is -0.520. The lowest BCUT2D eigenvalue weighted by molar-refractivity contribution is -0.112. The van der Waals surface area contributed by atoms with Crippen LogP contribution in [0.3, 0.4) is 0 Å². The van der Waals surface area contributed by atoms with Crippen LogP contribution in [0.25, 0.3) is 0 Å². The van der Waals surface area contributed by atoms with Gasteiger partial charge in [0.1, 0.15) is 17.5 Å². The zero-order chi connectivity index (χ0) is 18.4. The molecule has 1 aliphatic heterocycles. The first-order chi connectivity index (χ1) is 12.7. The van der Waals surface area contributed by atoms with Gasteiger partial charge in [-0.15, -0.1) is 0 Å². The predicted octanol–water partition coefficient (Wildman–Crippen LogP) is 1.78. The number of halogens is 1. The zero-order valence-corrected chi connectivity index (χ0v) is 14.0. The van der Waals surface area contributed by atoms with Gasteiger partial charge in [0.05, 0.1) is 0 Å². The first-order valence-electron chi connectivity index (χ1n) is 8.10. The molecule has 2 heterocycles. The van der Waals surface area contributed by atoms with Crippen molar-refractivity contribution in [2.24, 2.45) is 0 Å². The highest BCUT2D eigenvalue weighted by molar-refractivity contribution is 6.06. The van der Waals surface area contributed by atoms with Gasteiger partial charge in [-0.3, -0.25) is 4.79 Å². The zero-order valence-electron chi connectivity index (χ0n) is 14.0. The molecule has 1 saturated heterocycles. The molecule has 1 fully saturated rings. The number of amides is 1. The summed E-state index contributed by atoms with van der Waals surface area (Å²) in [5.74, 6) is -0.238. The molecule has 0 spiro atoms. The van der Waals surface area contributed by atoms with Crippen LogP contribution in [0.4, 0.5) is 16.0 Å². The smallest absolute Gasteiger partial charge is 0.267 e. The van der Waals surface area contributed by atoms with Gasteiger partial charge in [0.25, 0.3) is 5.91 Å². The van der Waals surface area contributed by atoms with E-state index in [1.165, 1.54) is 24.3 Å². The van der Waals surface area contributed by atoms with E-state index >= 15 is 0 Å². The number of hydrogen-bond acceptors (Lipinski definition) is 6. The van der Waals surface area contributed by atoms with Gasteiger partial charge in [0.15, 0.2) is 0 Å². The fraction of sp³-hybridized carbons (Fsp3) is 0.222. The summed E-state index contributed by atoms with van der Waals surface area (Å²) in [7, 11) is 0. The van der Waals surface area contributed by atoms with Gasteiger partial charge in [-0.25, -0.2) is 14.4 Å². The highest BCUT2D eigenvalue weighted by Crippen LogP contribution is 2.13. The Labute approximate surface area is 150 Å². The van der Waals surface area contributed by atoms with Crippen LogP contribution in [0.15, 0.2) is 54.5 Å². The minimum absolute atomic E-state index is 0.00117. The molecule has 1 aromatic heterocycles. The highest BCUT2D eigenvalue weighted by Gasteiger charge is 2.19. The van der Waals surface area contributed by atoms with Crippen LogP contribution in [0.5, 0.6) is 0 Å². The Hall–Kier alpha value is -3.47. The Kier molecular flexibility index (Phi) is 5.39. The number of hydrogen-bond donors (Lipinski definition) is 1. The standard InChI is InChI=1S/C18H17FN6O/c19-15-2-4-16(5-3-15)23-17(26)14(12-20)13-24-8-10-25(11-9-24)18-21-6-1-7-22-18/h1-7,13H,8-11H2,(H,23,26)/b14-13-. The van der Waals surface area contributed by atoms with Crippen LogP contribution in [0.1, 0.15) is 0 Å². The first-order valence-corrected chi connectivity index (χ1v) is 8.10. The van der Waals surface area contributed by atoms with Gasteiger partial charge in [-0.1, -0.05) is 0 Å². The normalized spacial score (nSPS) is 14.7. The van der Waals surface area contributed by atoms with Gasteiger partial charge >= 0.3 is 0 Å². The topological polar surface area (TPSA) is 85.2 Å². The molecule has 0 aliphatic carbocycles. The molecule has 132 valence electrons. The van der Waals surface area contributed by atoms with Crippen molar-refractivity contribution in [3.8, 4) is 6.07 Å². The Morgan fingerprint density at radius 3 is 2.42 bits per heavy atom. The largest absolute Gasteiger partial charge is 0.373 e. The molecular formula is C18H17FN6O. The Bertz CT molecular complexity index is 823. The fourth-order valence-electron chi connectivity index (χ4n) is 2.56. The molecule has 1 N–H and O–H groups in total. The predicted molar refractivity (Wildman–Crippen MR) is 94.5 cm³/mol. The number of rotatable bonds is 4. The van der Waals surface area contributed by atoms with Crippen molar-refractivity contribution in [3.05, 3.63) is 60.3 Å². The number of nitriles is 1. The van der Waals surface area contributed by atoms with E-state index in [1.54, 1.807) is 24.7 Å². The Morgan fingerprint density at radius 2 is 1.81 bits per heavy atom. The summed E-state index contributed by atoms with van der Waals surface area (Å²) in [6, 6.07) is 9.07. The molecular weight excluding hydrogens is 335 g/mol. The first kappa shape index (κ1) is 17.4. The lowest BCUT2D eigenvalue weighted by Crippen LogP contribution is -2.45. The molecule has 0 bridgehead atoms. The Balaban J connectivity index is 1.60. The summed E-state index contributed by atoms with van der Waals surface area (Å²) in [5, 5.41) is 11.9. The Morgan fingerprint density at radius 1 is 1.15 bits per heavy atom. The fourth-order valence-corrected chi connectivity index (χ4v) is 2.56. The number of carbonyl (C=O) groups excluding carboxylic acids is 1. The van der Waals surface area contributed by atoms with Crippen LogP contribution >= 0.6 is 0 Å². The molecule has 0 atom stereocenters. The lowest BCUT2D eigenvalue weighted by atomic mass is 10.2. The third-order valence-electron chi connectivity index (χ3n) is 3.93. The van der Waals surface area contributed by atoms with Gasteiger partial charge in [-0.05, 0) is 30.3 Å². The van der Waals surface area contributed by atoms with E-state index in [2.05, 4.69) is 20.2 Å². The number of aromatic nitrogens is 2. The second-order valence-electron chi connectivity index (χ2n) is 5.69. The van der Waals surface area contributed by atoms with Crippen molar-refractivity contribution in [2.75, 3.05) is 36.4 Å². The molecule has 3 rings (SSSR count). The van der Waals surface area contributed by atoms with E-state index in [9.17, 15) is 14.4 Å². The molecule has 2 aromatic rings. The number of piperazine rings is 1. The summed E-state index contributed by atoms with van der Waals surface area (Å²) >= 11 is 0. The van der Waals surface area contributed by atoms with Gasteiger partial charge < -0.3 is 15.1 Å². The van der Waals surface area contributed by atoms with Crippen LogP contribution in [0.2, 0.25) is 0 Å². The van der Waals surface area contributed by atoms with Crippen molar-refractivity contribution in [3.63, 3.8) is 0 Å². The third kappa shape index (κ3) is 4.33. The van der Waals surface area contributed by atoms with Gasteiger partial charge in [-0.2, -0.15) is 5.26 Å². The van der Waals surface area contributed by atoms with E-state index in [1.807, 2.05) is 11.0 Å². The van der Waals surface area contributed by atoms with E-state index < -0.39 is 5.91 Å². The average molecular weight is 352 g/mol. The number of nitrogens with zero attached hydrogens (tertiary/aromatic N) is 5. The second-order valence-corrected chi connectivity index (χ2v) is 5.69. The van der Waals surface area contributed by atoms with Crippen molar-refractivity contribution < 1.29 is 9.18 Å². The molecule has 8 heteroatoms. The molecule has 26 heavy (non-hydrogen) atoms. The van der Waals surface area contributed by atoms with Gasteiger partial charge in [0.2, 0.25) is 5.95 Å². The quantitative estimate of drug-likeness (QED) is 0.667. The van der Waals surface area contributed by atoms with Crippen molar-refractivity contribution in [1.82, 2.24) is 14.9 Å².